The van der Waals surface area contributed by atoms with Crippen LogP contribution >= 0.6 is 24.0 Å². The first kappa shape index (κ1) is 22.5. The normalized spacial score (nSPS) is 24.8. The van der Waals surface area contributed by atoms with Gasteiger partial charge in [0.05, 0.1) is 19.1 Å². The molecule has 1 N–H and O–H groups in total. The Bertz CT molecular complexity index is 428. The Morgan fingerprint density at radius 2 is 1.96 bits per heavy atom. The van der Waals surface area contributed by atoms with Gasteiger partial charge in [-0.1, -0.05) is 26.2 Å². The molecule has 2 fully saturated rings. The maximum Gasteiger partial charge on any atom is 0.310 e. The highest BCUT2D eigenvalue weighted by Gasteiger charge is 2.36. The average Bonchev–Trinajstić information content (AvgIpc) is 3.00. The number of carbonyl (C=O) groups is 1. The van der Waals surface area contributed by atoms with Crippen molar-refractivity contribution in [3.8, 4) is 0 Å². The van der Waals surface area contributed by atoms with Crippen LogP contribution in [0.15, 0.2) is 4.99 Å². The first-order chi connectivity index (χ1) is 11.7. The molecule has 1 heterocycles. The van der Waals surface area contributed by atoms with Crippen LogP contribution in [0.5, 0.6) is 0 Å². The first-order valence-electron chi connectivity index (χ1n) is 9.30. The highest BCUT2D eigenvalue weighted by molar-refractivity contribution is 14.0. The molecule has 2 unspecified atom stereocenters. The summed E-state index contributed by atoms with van der Waals surface area (Å²) in [5, 5.41) is 3.39. The fourth-order valence-electron chi connectivity index (χ4n) is 3.68. The number of nitrogens with one attached hydrogen (secondary N) is 1. The maximum absolute atomic E-state index is 11.8. The molecule has 7 heteroatoms. The molecule has 1 aliphatic heterocycles. The Balaban J connectivity index is 0.00000312. The van der Waals surface area contributed by atoms with Gasteiger partial charge in [0.25, 0.3) is 0 Å². The predicted molar refractivity (Wildman–Crippen MR) is 110 cm³/mol. The third-order valence-electron chi connectivity index (χ3n) is 5.14. The van der Waals surface area contributed by atoms with Gasteiger partial charge < -0.3 is 19.7 Å². The lowest BCUT2D eigenvalue weighted by Gasteiger charge is -2.23. The van der Waals surface area contributed by atoms with E-state index in [1.807, 2.05) is 0 Å². The van der Waals surface area contributed by atoms with Gasteiger partial charge in [-0.3, -0.25) is 9.79 Å². The summed E-state index contributed by atoms with van der Waals surface area (Å²) in [5.41, 5.74) is 0. The number of halogens is 1. The number of rotatable bonds is 6. The number of nitrogens with zero attached hydrogens (tertiary/aromatic N) is 2. The largest absolute Gasteiger partial charge is 0.469 e. The van der Waals surface area contributed by atoms with Gasteiger partial charge in [-0.15, -0.1) is 24.0 Å². The van der Waals surface area contributed by atoms with Crippen LogP contribution in [0, 0.1) is 11.8 Å². The molecular formula is C18H34IN3O3. The fraction of sp³-hybridized carbons (Fsp3) is 0.889. The van der Waals surface area contributed by atoms with Crippen molar-refractivity contribution in [2.45, 2.75) is 51.6 Å². The van der Waals surface area contributed by atoms with Crippen LogP contribution in [-0.2, 0) is 14.3 Å². The second-order valence-electron chi connectivity index (χ2n) is 6.97. The van der Waals surface area contributed by atoms with Crippen molar-refractivity contribution in [3.05, 3.63) is 0 Å². The summed E-state index contributed by atoms with van der Waals surface area (Å²) >= 11 is 0. The second kappa shape index (κ2) is 11.9. The molecule has 1 aliphatic carbocycles. The van der Waals surface area contributed by atoms with Crippen LogP contribution in [0.3, 0.4) is 0 Å². The lowest BCUT2D eigenvalue weighted by molar-refractivity contribution is -0.145. The summed E-state index contributed by atoms with van der Waals surface area (Å²) in [6.45, 7) is 5.24. The molecule has 0 spiro atoms. The lowest BCUT2D eigenvalue weighted by Crippen LogP contribution is -2.41. The highest BCUT2D eigenvalue weighted by atomic mass is 127. The Labute approximate surface area is 169 Å². The van der Waals surface area contributed by atoms with E-state index in [2.05, 4.69) is 22.1 Å². The Morgan fingerprint density at radius 1 is 1.24 bits per heavy atom. The summed E-state index contributed by atoms with van der Waals surface area (Å²) in [6, 6.07) is 0. The van der Waals surface area contributed by atoms with E-state index in [9.17, 15) is 4.79 Å². The SMILES string of the molecule is CN=C(NCCCOC1CCCCC1)N1CC(C)C(C(=O)OC)C1.I. The number of likely N-dealkylation sites (tertiary alicyclic amines) is 1. The molecular weight excluding hydrogens is 433 g/mol. The minimum absolute atomic E-state index is 0. The van der Waals surface area contributed by atoms with Crippen LogP contribution in [0.4, 0.5) is 0 Å². The van der Waals surface area contributed by atoms with Gasteiger partial charge in [-0.2, -0.15) is 0 Å². The number of carbonyl (C=O) groups excluding carboxylic acids is 1. The van der Waals surface area contributed by atoms with Crippen molar-refractivity contribution >= 4 is 35.9 Å². The van der Waals surface area contributed by atoms with Gasteiger partial charge in [-0.25, -0.2) is 0 Å². The van der Waals surface area contributed by atoms with Gasteiger partial charge in [0.15, 0.2) is 5.96 Å². The molecule has 0 amide bonds. The molecule has 0 radical (unpaired) electrons. The van der Waals surface area contributed by atoms with Gasteiger partial charge in [0.2, 0.25) is 0 Å². The standard InChI is InChI=1S/C18H33N3O3.HI/c1-14-12-21(13-16(14)17(22)23-3)18(19-2)20-10-7-11-24-15-8-5-4-6-9-15;/h14-16H,4-13H2,1-3H3,(H,19,20);1H. The Kier molecular flexibility index (Phi) is 10.7. The first-order valence-corrected chi connectivity index (χ1v) is 9.30. The van der Waals surface area contributed by atoms with Crippen molar-refractivity contribution in [2.75, 3.05) is 40.4 Å². The van der Waals surface area contributed by atoms with Crippen molar-refractivity contribution in [1.82, 2.24) is 10.2 Å². The van der Waals surface area contributed by atoms with E-state index in [4.69, 9.17) is 9.47 Å². The van der Waals surface area contributed by atoms with E-state index < -0.39 is 0 Å². The third-order valence-corrected chi connectivity index (χ3v) is 5.14. The number of aliphatic imine (C=N–C) groups is 1. The summed E-state index contributed by atoms with van der Waals surface area (Å²) in [6.07, 6.45) is 7.86. The van der Waals surface area contributed by atoms with E-state index in [0.717, 1.165) is 32.1 Å². The Hall–Kier alpha value is -0.570. The second-order valence-corrected chi connectivity index (χ2v) is 6.97. The number of ether oxygens (including phenoxy) is 2. The van der Waals surface area contributed by atoms with Gasteiger partial charge in [0.1, 0.15) is 0 Å². The van der Waals surface area contributed by atoms with Crippen molar-refractivity contribution < 1.29 is 14.3 Å². The maximum atomic E-state index is 11.8. The molecule has 2 atom stereocenters. The van der Waals surface area contributed by atoms with E-state index in [0.29, 0.717) is 12.6 Å². The molecule has 1 saturated carbocycles. The Morgan fingerprint density at radius 3 is 2.60 bits per heavy atom. The zero-order valence-corrected chi connectivity index (χ0v) is 18.2. The molecule has 0 aromatic rings. The molecule has 1 saturated heterocycles. The van der Waals surface area contributed by atoms with E-state index in [-0.39, 0.29) is 41.8 Å². The van der Waals surface area contributed by atoms with Crippen LogP contribution in [0.2, 0.25) is 0 Å². The highest BCUT2D eigenvalue weighted by Crippen LogP contribution is 2.24. The third kappa shape index (κ3) is 6.92. The van der Waals surface area contributed by atoms with Gasteiger partial charge in [0, 0.05) is 33.3 Å². The minimum Gasteiger partial charge on any atom is -0.469 e. The molecule has 2 rings (SSSR count). The van der Waals surface area contributed by atoms with Crippen LogP contribution in [0.25, 0.3) is 0 Å². The van der Waals surface area contributed by atoms with Crippen LogP contribution in [-0.4, -0.2) is 63.3 Å². The molecule has 146 valence electrons. The predicted octanol–water partition coefficient (Wildman–Crippen LogP) is 2.66. The molecule has 2 aliphatic rings. The fourth-order valence-corrected chi connectivity index (χ4v) is 3.68. The van der Waals surface area contributed by atoms with Crippen LogP contribution < -0.4 is 5.32 Å². The van der Waals surface area contributed by atoms with E-state index in [1.54, 1.807) is 7.05 Å². The van der Waals surface area contributed by atoms with E-state index >= 15 is 0 Å². The number of hydrogen-bond acceptors (Lipinski definition) is 4. The smallest absolute Gasteiger partial charge is 0.310 e. The molecule has 0 aromatic heterocycles. The monoisotopic (exact) mass is 467 g/mol. The molecule has 25 heavy (non-hydrogen) atoms. The summed E-state index contributed by atoms with van der Waals surface area (Å²) < 4.78 is 10.8. The number of guanidine groups is 1. The summed E-state index contributed by atoms with van der Waals surface area (Å²) in [5.74, 6) is 0.959. The zero-order valence-electron chi connectivity index (χ0n) is 15.8. The van der Waals surface area contributed by atoms with Crippen molar-refractivity contribution in [1.29, 1.82) is 0 Å². The van der Waals surface area contributed by atoms with Gasteiger partial charge in [-0.05, 0) is 25.2 Å². The van der Waals surface area contributed by atoms with Gasteiger partial charge >= 0.3 is 5.97 Å². The number of esters is 1. The van der Waals surface area contributed by atoms with E-state index in [1.165, 1.54) is 39.2 Å². The molecule has 0 bridgehead atoms. The number of hydrogen-bond donors (Lipinski definition) is 1. The molecule has 6 nitrogen and oxygen atoms in total. The topological polar surface area (TPSA) is 63.2 Å². The van der Waals surface area contributed by atoms with Crippen LogP contribution in [0.1, 0.15) is 45.4 Å². The quantitative estimate of drug-likeness (QED) is 0.214. The lowest BCUT2D eigenvalue weighted by atomic mass is 9.98. The number of methoxy groups -OCH3 is 1. The molecule has 0 aromatic carbocycles. The van der Waals surface area contributed by atoms with Crippen molar-refractivity contribution in [2.24, 2.45) is 16.8 Å². The summed E-state index contributed by atoms with van der Waals surface area (Å²) in [4.78, 5) is 18.3. The minimum atomic E-state index is -0.124. The average molecular weight is 467 g/mol. The van der Waals surface area contributed by atoms with Crippen molar-refractivity contribution in [3.63, 3.8) is 0 Å². The zero-order chi connectivity index (χ0) is 17.4. The summed E-state index contributed by atoms with van der Waals surface area (Å²) in [7, 11) is 3.24.